The molecule has 0 spiro atoms. The molecule has 0 radical (unpaired) electrons. The van der Waals surface area contributed by atoms with Crippen LogP contribution in [0.25, 0.3) is 0 Å². The molecule has 1 saturated carbocycles. The van der Waals surface area contributed by atoms with Gasteiger partial charge >= 0.3 is 0 Å². The average Bonchev–Trinajstić information content (AvgIpc) is 2.89. The third-order valence-corrected chi connectivity index (χ3v) is 6.05. The van der Waals surface area contributed by atoms with Crippen LogP contribution in [0, 0.1) is 11.8 Å². The van der Waals surface area contributed by atoms with E-state index < -0.39 is 0 Å². The summed E-state index contributed by atoms with van der Waals surface area (Å²) in [5.74, 6) is 1.27. The lowest BCUT2D eigenvalue weighted by molar-refractivity contribution is -0.122. The van der Waals surface area contributed by atoms with E-state index >= 15 is 0 Å². The predicted molar refractivity (Wildman–Crippen MR) is 82.4 cm³/mol. The van der Waals surface area contributed by atoms with Crippen molar-refractivity contribution in [3.8, 4) is 0 Å². The lowest BCUT2D eigenvalue weighted by atomic mass is 9.96. The smallest absolute Gasteiger partial charge is 0.242 e. The number of nitrogens with one attached hydrogen (secondary N) is 1. The first-order valence-corrected chi connectivity index (χ1v) is 8.31. The van der Waals surface area contributed by atoms with Gasteiger partial charge in [0.2, 0.25) is 5.91 Å². The van der Waals surface area contributed by atoms with Crippen LogP contribution in [0.4, 0.5) is 0 Å². The Bertz CT molecular complexity index is 374. The summed E-state index contributed by atoms with van der Waals surface area (Å²) in [5.41, 5.74) is 0. The molecule has 1 saturated heterocycles. The number of rotatable bonds is 4. The highest BCUT2D eigenvalue weighted by molar-refractivity contribution is 8.16. The van der Waals surface area contributed by atoms with Gasteiger partial charge in [-0.15, -0.1) is 0 Å². The Balaban J connectivity index is 1.95. The van der Waals surface area contributed by atoms with Crippen LogP contribution >= 0.6 is 11.8 Å². The van der Waals surface area contributed by atoms with Gasteiger partial charge in [0.1, 0.15) is 4.75 Å². The molecular formula is C15H26N2OS. The zero-order valence-corrected chi connectivity index (χ0v) is 13.3. The summed E-state index contributed by atoms with van der Waals surface area (Å²) in [4.78, 5) is 16.8. The number of amides is 1. The molecule has 1 aliphatic heterocycles. The van der Waals surface area contributed by atoms with Gasteiger partial charge in [-0.2, -0.15) is 0 Å². The van der Waals surface area contributed by atoms with Gasteiger partial charge in [0.05, 0.1) is 6.04 Å². The number of thioether (sulfide) groups is 1. The highest BCUT2D eigenvalue weighted by Gasteiger charge is 2.45. The van der Waals surface area contributed by atoms with Crippen molar-refractivity contribution in [2.24, 2.45) is 16.8 Å². The van der Waals surface area contributed by atoms with E-state index in [2.05, 4.69) is 26.1 Å². The van der Waals surface area contributed by atoms with E-state index in [4.69, 9.17) is 4.99 Å². The fourth-order valence-corrected chi connectivity index (χ4v) is 4.07. The van der Waals surface area contributed by atoms with Crippen LogP contribution in [0.2, 0.25) is 0 Å². The fourth-order valence-electron chi connectivity index (χ4n) is 2.91. The molecule has 3 nitrogen and oxygen atoms in total. The van der Waals surface area contributed by atoms with Crippen LogP contribution in [0.5, 0.6) is 0 Å². The highest BCUT2D eigenvalue weighted by atomic mass is 32.2. The maximum atomic E-state index is 12.1. The molecule has 19 heavy (non-hydrogen) atoms. The minimum Gasteiger partial charge on any atom is -0.304 e. The summed E-state index contributed by atoms with van der Waals surface area (Å²) in [7, 11) is 0. The number of carbonyl (C=O) groups excluding carboxylic acids is 1. The molecule has 0 bridgehead atoms. The second kappa shape index (κ2) is 5.86. The zero-order chi connectivity index (χ0) is 14.0. The van der Waals surface area contributed by atoms with Crippen LogP contribution in [0.15, 0.2) is 4.99 Å². The molecule has 1 heterocycles. The predicted octanol–water partition coefficient (Wildman–Crippen LogP) is 3.59. The summed E-state index contributed by atoms with van der Waals surface area (Å²) in [6.45, 7) is 8.37. The third-order valence-electron chi connectivity index (χ3n) is 4.57. The highest BCUT2D eigenvalue weighted by Crippen LogP contribution is 2.38. The lowest BCUT2D eigenvalue weighted by Crippen LogP contribution is -2.38. The quantitative estimate of drug-likeness (QED) is 0.856. The molecule has 4 heteroatoms. The van der Waals surface area contributed by atoms with Crippen molar-refractivity contribution in [3.05, 3.63) is 0 Å². The molecule has 1 aliphatic carbocycles. The normalized spacial score (nSPS) is 32.3. The van der Waals surface area contributed by atoms with Crippen molar-refractivity contribution in [1.82, 2.24) is 5.32 Å². The SMILES string of the molecule is CC(CC1CCCC1)N=C1NC(=O)C(C)(C(C)C)S1. The van der Waals surface area contributed by atoms with E-state index in [0.717, 1.165) is 11.1 Å². The van der Waals surface area contributed by atoms with Gasteiger partial charge < -0.3 is 5.32 Å². The second-order valence-electron chi connectivity index (χ2n) is 6.49. The van der Waals surface area contributed by atoms with E-state index in [1.165, 1.54) is 32.1 Å². The summed E-state index contributed by atoms with van der Waals surface area (Å²) < 4.78 is -0.355. The van der Waals surface area contributed by atoms with Crippen molar-refractivity contribution >= 4 is 22.8 Å². The van der Waals surface area contributed by atoms with Gasteiger partial charge in [-0.05, 0) is 32.1 Å². The van der Waals surface area contributed by atoms with E-state index in [1.807, 2.05) is 6.92 Å². The van der Waals surface area contributed by atoms with Gasteiger partial charge in [-0.25, -0.2) is 0 Å². The number of amidine groups is 1. The molecule has 2 atom stereocenters. The minimum atomic E-state index is -0.355. The van der Waals surface area contributed by atoms with Crippen LogP contribution in [-0.4, -0.2) is 21.9 Å². The van der Waals surface area contributed by atoms with Crippen LogP contribution < -0.4 is 5.32 Å². The Labute approximate surface area is 121 Å². The van der Waals surface area contributed by atoms with E-state index in [-0.39, 0.29) is 10.7 Å². The Kier molecular flexibility index (Phi) is 4.59. The first-order valence-electron chi connectivity index (χ1n) is 7.50. The van der Waals surface area contributed by atoms with Crippen molar-refractivity contribution in [2.75, 3.05) is 0 Å². The largest absolute Gasteiger partial charge is 0.304 e. The van der Waals surface area contributed by atoms with Gasteiger partial charge in [0.25, 0.3) is 0 Å². The van der Waals surface area contributed by atoms with Crippen molar-refractivity contribution in [2.45, 2.75) is 70.6 Å². The average molecular weight is 282 g/mol. The fraction of sp³-hybridized carbons (Fsp3) is 0.867. The van der Waals surface area contributed by atoms with Crippen LogP contribution in [-0.2, 0) is 4.79 Å². The minimum absolute atomic E-state index is 0.110. The molecule has 2 aliphatic rings. The van der Waals surface area contributed by atoms with Gasteiger partial charge in [0.15, 0.2) is 5.17 Å². The monoisotopic (exact) mass is 282 g/mol. The summed E-state index contributed by atoms with van der Waals surface area (Å²) >= 11 is 1.60. The molecule has 108 valence electrons. The third kappa shape index (κ3) is 3.33. The van der Waals surface area contributed by atoms with Gasteiger partial charge in [-0.3, -0.25) is 9.79 Å². The van der Waals surface area contributed by atoms with E-state index in [0.29, 0.717) is 12.0 Å². The van der Waals surface area contributed by atoms with E-state index in [9.17, 15) is 4.79 Å². The first-order chi connectivity index (χ1) is 8.91. The number of carbonyl (C=O) groups is 1. The van der Waals surface area contributed by atoms with Crippen molar-refractivity contribution in [3.63, 3.8) is 0 Å². The molecule has 2 unspecified atom stereocenters. The number of aliphatic imine (C=N–C) groups is 1. The molecule has 0 aromatic heterocycles. The number of nitrogens with zero attached hydrogens (tertiary/aromatic N) is 1. The molecule has 2 rings (SSSR count). The van der Waals surface area contributed by atoms with Crippen LogP contribution in [0.3, 0.4) is 0 Å². The van der Waals surface area contributed by atoms with Gasteiger partial charge in [0, 0.05) is 0 Å². The number of hydrogen-bond donors (Lipinski definition) is 1. The molecule has 2 fully saturated rings. The zero-order valence-electron chi connectivity index (χ0n) is 12.5. The summed E-state index contributed by atoms with van der Waals surface area (Å²) in [6, 6.07) is 0.320. The summed E-state index contributed by atoms with van der Waals surface area (Å²) in [5, 5.41) is 3.78. The standard InChI is InChI=1S/C15H26N2OS/c1-10(2)15(4)13(18)17-14(19-15)16-11(3)9-12-7-5-6-8-12/h10-12H,5-9H2,1-4H3,(H,16,17,18). The van der Waals surface area contributed by atoms with E-state index in [1.54, 1.807) is 11.8 Å². The summed E-state index contributed by atoms with van der Waals surface area (Å²) in [6.07, 6.45) is 6.64. The Morgan fingerprint density at radius 1 is 1.37 bits per heavy atom. The van der Waals surface area contributed by atoms with Gasteiger partial charge in [-0.1, -0.05) is 51.3 Å². The van der Waals surface area contributed by atoms with Crippen LogP contribution in [0.1, 0.15) is 59.8 Å². The topological polar surface area (TPSA) is 41.5 Å². The number of hydrogen-bond acceptors (Lipinski definition) is 3. The maximum Gasteiger partial charge on any atom is 0.242 e. The van der Waals surface area contributed by atoms with Crippen molar-refractivity contribution < 1.29 is 4.79 Å². The molecule has 1 N–H and O–H groups in total. The second-order valence-corrected chi connectivity index (χ2v) is 7.93. The van der Waals surface area contributed by atoms with Crippen molar-refractivity contribution in [1.29, 1.82) is 0 Å². The molecule has 1 amide bonds. The molecule has 0 aromatic carbocycles. The molecule has 0 aromatic rings. The molecular weight excluding hydrogens is 256 g/mol. The Morgan fingerprint density at radius 2 is 2.00 bits per heavy atom. The Morgan fingerprint density at radius 3 is 2.53 bits per heavy atom. The Hall–Kier alpha value is -0.510. The first kappa shape index (κ1) is 14.9. The maximum absolute atomic E-state index is 12.1. The lowest BCUT2D eigenvalue weighted by Gasteiger charge is -2.22.